The van der Waals surface area contributed by atoms with E-state index in [4.69, 9.17) is 21.7 Å². The molecule has 1 N–H and O–H groups in total. The zero-order valence-corrected chi connectivity index (χ0v) is 16.9. The lowest BCUT2D eigenvalue weighted by Crippen LogP contribution is -2.54. The van der Waals surface area contributed by atoms with Gasteiger partial charge in [0.05, 0.1) is 18.9 Å². The van der Waals surface area contributed by atoms with Crippen molar-refractivity contribution in [3.05, 3.63) is 59.4 Å². The lowest BCUT2D eigenvalue weighted by molar-refractivity contribution is -0.122. The fraction of sp³-hybridized carbons (Fsp3) is 0.190. The predicted octanol–water partition coefficient (Wildman–Crippen LogP) is 3.45. The first-order chi connectivity index (χ1) is 13.8. The molecule has 0 radical (unpaired) electrons. The van der Waals surface area contributed by atoms with Crippen LogP contribution in [0.1, 0.15) is 19.4 Å². The van der Waals surface area contributed by atoms with Gasteiger partial charge in [0.1, 0.15) is 11.4 Å². The molecule has 1 heterocycles. The summed E-state index contributed by atoms with van der Waals surface area (Å²) in [4.78, 5) is 26.7. The van der Waals surface area contributed by atoms with Crippen LogP contribution in [0, 0.1) is 5.82 Å². The van der Waals surface area contributed by atoms with E-state index in [1.807, 2.05) is 13.8 Å². The van der Waals surface area contributed by atoms with Gasteiger partial charge in [0, 0.05) is 5.56 Å². The number of amides is 2. The average Bonchev–Trinajstić information content (AvgIpc) is 2.67. The largest absolute Gasteiger partial charge is 0.493 e. The Labute approximate surface area is 172 Å². The van der Waals surface area contributed by atoms with Crippen LogP contribution >= 0.6 is 12.2 Å². The van der Waals surface area contributed by atoms with E-state index in [9.17, 15) is 14.0 Å². The van der Waals surface area contributed by atoms with Gasteiger partial charge in [0.2, 0.25) is 0 Å². The summed E-state index contributed by atoms with van der Waals surface area (Å²) in [6, 6.07) is 10.4. The second-order valence-corrected chi connectivity index (χ2v) is 6.87. The Morgan fingerprint density at radius 2 is 1.83 bits per heavy atom. The van der Waals surface area contributed by atoms with Gasteiger partial charge >= 0.3 is 0 Å². The molecule has 3 rings (SSSR count). The summed E-state index contributed by atoms with van der Waals surface area (Å²) >= 11 is 5.14. The Hall–Kier alpha value is -3.26. The molecule has 6 nitrogen and oxygen atoms in total. The van der Waals surface area contributed by atoms with Crippen molar-refractivity contribution in [1.29, 1.82) is 0 Å². The second kappa shape index (κ2) is 8.40. The van der Waals surface area contributed by atoms with Crippen LogP contribution in [0.15, 0.2) is 48.0 Å². The number of para-hydroxylation sites is 1. The number of thiocarbonyl (C=S) groups is 1. The van der Waals surface area contributed by atoms with Gasteiger partial charge in [-0.25, -0.2) is 4.39 Å². The average molecular weight is 414 g/mol. The molecule has 1 fully saturated rings. The zero-order chi connectivity index (χ0) is 21.1. The summed E-state index contributed by atoms with van der Waals surface area (Å²) in [6.07, 6.45) is 1.28. The molecule has 0 spiro atoms. The van der Waals surface area contributed by atoms with Crippen molar-refractivity contribution in [3.8, 4) is 11.5 Å². The number of ether oxygens (including phenoxy) is 2. The van der Waals surface area contributed by atoms with Crippen LogP contribution in [0.5, 0.6) is 11.5 Å². The highest BCUT2D eigenvalue weighted by molar-refractivity contribution is 7.80. The second-order valence-electron chi connectivity index (χ2n) is 6.48. The molecule has 0 bridgehead atoms. The van der Waals surface area contributed by atoms with Gasteiger partial charge < -0.3 is 9.47 Å². The van der Waals surface area contributed by atoms with Gasteiger partial charge in [-0.1, -0.05) is 12.1 Å². The monoisotopic (exact) mass is 414 g/mol. The minimum atomic E-state index is -0.628. The number of benzene rings is 2. The standard InChI is InChI=1S/C21H19FN2O4S/c1-12(2)28-18-13(5-4-6-17(18)27-3)11-16-19(25)23-21(29)24(20(16)26)15-9-7-14(22)8-10-15/h4-12H,1-3H3,(H,23,25,29)/b16-11-. The Balaban J connectivity index is 2.06. The van der Waals surface area contributed by atoms with Crippen molar-refractivity contribution in [2.75, 3.05) is 12.0 Å². The van der Waals surface area contributed by atoms with Crippen molar-refractivity contribution in [3.63, 3.8) is 0 Å². The normalized spacial score (nSPS) is 15.7. The lowest BCUT2D eigenvalue weighted by atomic mass is 10.1. The maximum atomic E-state index is 13.3. The number of nitrogens with zero attached hydrogens (tertiary/aromatic N) is 1. The summed E-state index contributed by atoms with van der Waals surface area (Å²) in [5.74, 6) is -0.807. The fourth-order valence-electron chi connectivity index (χ4n) is 2.81. The van der Waals surface area contributed by atoms with Gasteiger partial charge in [-0.05, 0) is 62.5 Å². The number of rotatable bonds is 5. The molecule has 8 heteroatoms. The minimum Gasteiger partial charge on any atom is -0.493 e. The third kappa shape index (κ3) is 4.27. The third-order valence-corrected chi connectivity index (χ3v) is 4.35. The summed E-state index contributed by atoms with van der Waals surface area (Å²) in [6.45, 7) is 3.72. The SMILES string of the molecule is COc1cccc(/C=C2/C(=O)NC(=S)N(c3ccc(F)cc3)C2=O)c1OC(C)C. The molecule has 2 amide bonds. The smallest absolute Gasteiger partial charge is 0.270 e. The van der Waals surface area contributed by atoms with E-state index in [-0.39, 0.29) is 16.8 Å². The molecule has 1 saturated heterocycles. The van der Waals surface area contributed by atoms with Crippen LogP contribution in [0.2, 0.25) is 0 Å². The Kier molecular flexibility index (Phi) is 5.93. The zero-order valence-electron chi connectivity index (χ0n) is 16.1. The van der Waals surface area contributed by atoms with Gasteiger partial charge in [-0.2, -0.15) is 0 Å². The number of halogens is 1. The summed E-state index contributed by atoms with van der Waals surface area (Å²) in [5, 5.41) is 2.42. The number of nitrogens with one attached hydrogen (secondary N) is 1. The molecule has 0 saturated carbocycles. The summed E-state index contributed by atoms with van der Waals surface area (Å²) in [7, 11) is 1.51. The molecule has 0 atom stereocenters. The van der Waals surface area contributed by atoms with E-state index in [2.05, 4.69) is 5.32 Å². The fourth-order valence-corrected chi connectivity index (χ4v) is 3.09. The van der Waals surface area contributed by atoms with Crippen molar-refractivity contribution in [2.45, 2.75) is 20.0 Å². The molecule has 0 unspecified atom stereocenters. The third-order valence-electron chi connectivity index (χ3n) is 4.07. The van der Waals surface area contributed by atoms with Gasteiger partial charge in [0.15, 0.2) is 16.6 Å². The van der Waals surface area contributed by atoms with Crippen LogP contribution < -0.4 is 19.7 Å². The molecule has 0 aromatic heterocycles. The molecule has 2 aromatic carbocycles. The number of anilines is 1. The van der Waals surface area contributed by atoms with Gasteiger partial charge in [0.25, 0.3) is 11.8 Å². The van der Waals surface area contributed by atoms with E-state index in [1.54, 1.807) is 18.2 Å². The highest BCUT2D eigenvalue weighted by Gasteiger charge is 2.34. The predicted molar refractivity (Wildman–Crippen MR) is 111 cm³/mol. The Morgan fingerprint density at radius 1 is 1.14 bits per heavy atom. The van der Waals surface area contributed by atoms with Gasteiger partial charge in [-0.15, -0.1) is 0 Å². The number of carbonyl (C=O) groups is 2. The van der Waals surface area contributed by atoms with Crippen molar-refractivity contribution >= 4 is 40.9 Å². The highest BCUT2D eigenvalue weighted by atomic mass is 32.1. The molecule has 2 aromatic rings. The van der Waals surface area contributed by atoms with Crippen molar-refractivity contribution in [2.24, 2.45) is 0 Å². The van der Waals surface area contributed by atoms with Crippen LogP contribution in [0.25, 0.3) is 6.08 Å². The number of hydrogen-bond donors (Lipinski definition) is 1. The maximum absolute atomic E-state index is 13.3. The van der Waals surface area contributed by atoms with Crippen molar-refractivity contribution < 1.29 is 23.5 Å². The van der Waals surface area contributed by atoms with E-state index in [0.29, 0.717) is 22.7 Å². The van der Waals surface area contributed by atoms with Crippen molar-refractivity contribution in [1.82, 2.24) is 5.32 Å². The Morgan fingerprint density at radius 3 is 2.45 bits per heavy atom. The van der Waals surface area contributed by atoms with Crippen LogP contribution in [-0.4, -0.2) is 30.1 Å². The number of carbonyl (C=O) groups excluding carboxylic acids is 2. The van der Waals surface area contributed by atoms with Crippen LogP contribution in [0.4, 0.5) is 10.1 Å². The first-order valence-corrected chi connectivity index (χ1v) is 9.23. The topological polar surface area (TPSA) is 67.9 Å². The highest BCUT2D eigenvalue weighted by Crippen LogP contribution is 2.34. The molecule has 0 aliphatic carbocycles. The minimum absolute atomic E-state index is 0.0759. The first kappa shape index (κ1) is 20.5. The first-order valence-electron chi connectivity index (χ1n) is 8.82. The lowest BCUT2D eigenvalue weighted by Gasteiger charge is -2.29. The molecule has 150 valence electrons. The van der Waals surface area contributed by atoms with E-state index in [0.717, 1.165) is 4.90 Å². The van der Waals surface area contributed by atoms with E-state index >= 15 is 0 Å². The summed E-state index contributed by atoms with van der Waals surface area (Å²) < 4.78 is 24.4. The molecule has 29 heavy (non-hydrogen) atoms. The van der Waals surface area contributed by atoms with Crippen LogP contribution in [0.3, 0.4) is 0 Å². The number of hydrogen-bond acceptors (Lipinski definition) is 5. The Bertz CT molecular complexity index is 1000. The maximum Gasteiger partial charge on any atom is 0.270 e. The van der Waals surface area contributed by atoms with Crippen LogP contribution in [-0.2, 0) is 9.59 Å². The quantitative estimate of drug-likeness (QED) is 0.461. The van der Waals surface area contributed by atoms with E-state index in [1.165, 1.54) is 37.5 Å². The summed E-state index contributed by atoms with van der Waals surface area (Å²) in [5.41, 5.74) is 0.713. The molecular formula is C21H19FN2O4S. The molecule has 1 aliphatic heterocycles. The van der Waals surface area contributed by atoms with E-state index < -0.39 is 17.6 Å². The molecular weight excluding hydrogens is 395 g/mol. The van der Waals surface area contributed by atoms with Gasteiger partial charge in [-0.3, -0.25) is 19.8 Å². The number of methoxy groups -OCH3 is 1. The molecule has 1 aliphatic rings.